The van der Waals surface area contributed by atoms with Crippen LogP contribution in [-0.2, 0) is 0 Å². The van der Waals surface area contributed by atoms with E-state index in [-0.39, 0.29) is 5.54 Å². The van der Waals surface area contributed by atoms with Gasteiger partial charge in [-0.2, -0.15) is 0 Å². The maximum Gasteiger partial charge on any atom is 0.0362 e. The van der Waals surface area contributed by atoms with Crippen LogP contribution in [0.5, 0.6) is 0 Å². The highest BCUT2D eigenvalue weighted by Gasteiger charge is 2.30. The summed E-state index contributed by atoms with van der Waals surface area (Å²) in [7, 11) is 2.19. The van der Waals surface area contributed by atoms with Gasteiger partial charge in [0, 0.05) is 18.3 Å². The number of nitrogens with zero attached hydrogens (tertiary/aromatic N) is 1. The molecule has 0 aromatic carbocycles. The Balaban J connectivity index is 4.68. The molecule has 0 spiro atoms. The standard InChI is InChI=1S/C17H35N/c1-13(2)11-16(6,7)12-15(5)18(10)17(8,9)14(3)4/h13-14H,5,11-12H2,1-4,6-10H3. The summed E-state index contributed by atoms with van der Waals surface area (Å²) in [6.07, 6.45) is 2.33. The van der Waals surface area contributed by atoms with Crippen molar-refractivity contribution in [1.82, 2.24) is 4.90 Å². The van der Waals surface area contributed by atoms with E-state index in [1.165, 1.54) is 12.1 Å². The van der Waals surface area contributed by atoms with E-state index in [0.29, 0.717) is 11.3 Å². The summed E-state index contributed by atoms with van der Waals surface area (Å²) in [6.45, 7) is 22.8. The molecule has 1 heteroatoms. The summed E-state index contributed by atoms with van der Waals surface area (Å²) in [5, 5.41) is 0. The highest BCUT2D eigenvalue weighted by Crippen LogP contribution is 2.35. The Bertz CT molecular complexity index is 271. The molecule has 0 aliphatic rings. The van der Waals surface area contributed by atoms with Gasteiger partial charge in [-0.1, -0.05) is 48.1 Å². The summed E-state index contributed by atoms with van der Waals surface area (Å²) < 4.78 is 0. The number of hydrogen-bond donors (Lipinski definition) is 0. The first kappa shape index (κ1) is 17.5. The van der Waals surface area contributed by atoms with Crippen molar-refractivity contribution in [1.29, 1.82) is 0 Å². The molecule has 0 aliphatic heterocycles. The van der Waals surface area contributed by atoms with Crippen LogP contribution in [0.4, 0.5) is 0 Å². The minimum absolute atomic E-state index is 0.172. The van der Waals surface area contributed by atoms with Crippen LogP contribution < -0.4 is 0 Å². The van der Waals surface area contributed by atoms with Crippen molar-refractivity contribution < 1.29 is 0 Å². The van der Waals surface area contributed by atoms with E-state index in [0.717, 1.165) is 12.3 Å². The molecule has 1 nitrogen and oxygen atoms in total. The Morgan fingerprint density at radius 1 is 1.06 bits per heavy atom. The second-order valence-corrected chi connectivity index (χ2v) is 7.87. The van der Waals surface area contributed by atoms with Gasteiger partial charge in [-0.15, -0.1) is 0 Å². The van der Waals surface area contributed by atoms with Gasteiger partial charge in [-0.05, 0) is 43.9 Å². The maximum atomic E-state index is 4.32. The minimum atomic E-state index is 0.172. The Hall–Kier alpha value is -0.460. The van der Waals surface area contributed by atoms with Crippen LogP contribution in [0.15, 0.2) is 12.3 Å². The molecular weight excluding hydrogens is 218 g/mol. The van der Waals surface area contributed by atoms with Crippen molar-refractivity contribution in [3.05, 3.63) is 12.3 Å². The SMILES string of the molecule is C=C(CC(C)(C)CC(C)C)N(C)C(C)(C)C(C)C. The van der Waals surface area contributed by atoms with Gasteiger partial charge in [0.1, 0.15) is 0 Å². The van der Waals surface area contributed by atoms with E-state index >= 15 is 0 Å². The van der Waals surface area contributed by atoms with E-state index in [1.807, 2.05) is 0 Å². The quantitative estimate of drug-likeness (QED) is 0.593. The third-order valence-electron chi connectivity index (χ3n) is 4.40. The fourth-order valence-electron chi connectivity index (χ4n) is 2.64. The van der Waals surface area contributed by atoms with Crippen LogP contribution in [-0.4, -0.2) is 17.5 Å². The summed E-state index contributed by atoms with van der Waals surface area (Å²) in [4.78, 5) is 2.37. The molecule has 0 atom stereocenters. The van der Waals surface area contributed by atoms with Crippen LogP contribution >= 0.6 is 0 Å². The van der Waals surface area contributed by atoms with Crippen LogP contribution in [0.1, 0.15) is 68.2 Å². The molecule has 0 saturated carbocycles. The lowest BCUT2D eigenvalue weighted by molar-refractivity contribution is 0.126. The Kier molecular flexibility index (Phi) is 5.97. The summed E-state index contributed by atoms with van der Waals surface area (Å²) in [6, 6.07) is 0. The molecule has 0 rings (SSSR count). The highest BCUT2D eigenvalue weighted by molar-refractivity contribution is 5.03. The van der Waals surface area contributed by atoms with Crippen molar-refractivity contribution in [2.24, 2.45) is 17.3 Å². The molecule has 0 aromatic heterocycles. The Morgan fingerprint density at radius 2 is 1.50 bits per heavy atom. The largest absolute Gasteiger partial charge is 0.373 e. The van der Waals surface area contributed by atoms with Gasteiger partial charge in [0.05, 0.1) is 0 Å². The Labute approximate surface area is 116 Å². The van der Waals surface area contributed by atoms with Gasteiger partial charge in [-0.25, -0.2) is 0 Å². The molecule has 0 bridgehead atoms. The van der Waals surface area contributed by atoms with Crippen LogP contribution in [0.25, 0.3) is 0 Å². The fraction of sp³-hybridized carbons (Fsp3) is 0.882. The van der Waals surface area contributed by atoms with Crippen LogP contribution in [0.3, 0.4) is 0 Å². The van der Waals surface area contributed by atoms with Gasteiger partial charge in [0.15, 0.2) is 0 Å². The molecule has 0 N–H and O–H groups in total. The van der Waals surface area contributed by atoms with Gasteiger partial charge in [0.25, 0.3) is 0 Å². The average Bonchev–Trinajstić information content (AvgIpc) is 2.12. The molecule has 0 amide bonds. The second kappa shape index (κ2) is 6.12. The molecule has 0 fully saturated rings. The maximum absolute atomic E-state index is 4.32. The normalized spacial score (nSPS) is 13.3. The van der Waals surface area contributed by atoms with E-state index in [2.05, 4.69) is 73.9 Å². The van der Waals surface area contributed by atoms with Gasteiger partial charge >= 0.3 is 0 Å². The van der Waals surface area contributed by atoms with E-state index in [4.69, 9.17) is 0 Å². The number of allylic oxidation sites excluding steroid dienone is 1. The summed E-state index contributed by atoms with van der Waals surface area (Å²) in [5.74, 6) is 1.36. The predicted octanol–water partition coefficient (Wildman–Crippen LogP) is 5.33. The first-order chi connectivity index (χ1) is 7.90. The van der Waals surface area contributed by atoms with Gasteiger partial charge < -0.3 is 4.90 Å². The lowest BCUT2D eigenvalue weighted by atomic mass is 9.79. The lowest BCUT2D eigenvalue weighted by Crippen LogP contribution is -2.45. The van der Waals surface area contributed by atoms with Crippen molar-refractivity contribution in [2.75, 3.05) is 7.05 Å². The first-order valence-electron chi connectivity index (χ1n) is 7.31. The van der Waals surface area contributed by atoms with E-state index in [1.54, 1.807) is 0 Å². The number of hydrogen-bond acceptors (Lipinski definition) is 1. The smallest absolute Gasteiger partial charge is 0.0362 e. The monoisotopic (exact) mass is 253 g/mol. The molecule has 0 aromatic rings. The molecule has 108 valence electrons. The first-order valence-corrected chi connectivity index (χ1v) is 7.31. The fourth-order valence-corrected chi connectivity index (χ4v) is 2.64. The van der Waals surface area contributed by atoms with E-state index < -0.39 is 0 Å². The van der Waals surface area contributed by atoms with Crippen molar-refractivity contribution >= 4 is 0 Å². The van der Waals surface area contributed by atoms with Crippen molar-refractivity contribution in [3.8, 4) is 0 Å². The van der Waals surface area contributed by atoms with Gasteiger partial charge in [0.2, 0.25) is 0 Å². The summed E-state index contributed by atoms with van der Waals surface area (Å²) >= 11 is 0. The zero-order valence-electron chi connectivity index (χ0n) is 14.2. The third-order valence-corrected chi connectivity index (χ3v) is 4.40. The molecule has 18 heavy (non-hydrogen) atoms. The zero-order chi connectivity index (χ0) is 14.7. The van der Waals surface area contributed by atoms with Crippen LogP contribution in [0, 0.1) is 17.3 Å². The van der Waals surface area contributed by atoms with Crippen LogP contribution in [0.2, 0.25) is 0 Å². The van der Waals surface area contributed by atoms with Gasteiger partial charge in [-0.3, -0.25) is 0 Å². The Morgan fingerprint density at radius 3 is 1.83 bits per heavy atom. The number of rotatable bonds is 7. The molecule has 0 aliphatic carbocycles. The molecule has 0 saturated heterocycles. The zero-order valence-corrected chi connectivity index (χ0v) is 14.2. The lowest BCUT2D eigenvalue weighted by Gasteiger charge is -2.43. The highest BCUT2D eigenvalue weighted by atomic mass is 15.2. The molecule has 0 radical (unpaired) electrons. The average molecular weight is 253 g/mol. The second-order valence-electron chi connectivity index (χ2n) is 7.87. The minimum Gasteiger partial charge on any atom is -0.373 e. The third kappa shape index (κ3) is 5.04. The molecule has 0 unspecified atom stereocenters. The van der Waals surface area contributed by atoms with E-state index in [9.17, 15) is 0 Å². The van der Waals surface area contributed by atoms with Crippen molar-refractivity contribution in [2.45, 2.75) is 73.8 Å². The predicted molar refractivity (Wildman–Crippen MR) is 83.7 cm³/mol. The molecule has 0 heterocycles. The van der Waals surface area contributed by atoms with Crippen molar-refractivity contribution in [3.63, 3.8) is 0 Å². The topological polar surface area (TPSA) is 3.24 Å². The summed E-state index contributed by atoms with van der Waals surface area (Å²) in [5.41, 5.74) is 1.77. The molecular formula is C17H35N.